The van der Waals surface area contributed by atoms with E-state index in [0.29, 0.717) is 38.9 Å². The largest absolute Gasteiger partial charge is 0.468 e. The van der Waals surface area contributed by atoms with Gasteiger partial charge < -0.3 is 15.1 Å². The normalized spacial score (nSPS) is 15.5. The zero-order valence-corrected chi connectivity index (χ0v) is 20.6. The predicted octanol–water partition coefficient (Wildman–Crippen LogP) is 5.99. The van der Waals surface area contributed by atoms with Gasteiger partial charge in [-0.1, -0.05) is 58.0 Å². The first-order valence-corrected chi connectivity index (χ1v) is 12.2. The molecule has 1 atom stereocenters. The van der Waals surface area contributed by atoms with Gasteiger partial charge >= 0.3 is 0 Å². The quantitative estimate of drug-likeness (QED) is 0.362. The van der Waals surface area contributed by atoms with Gasteiger partial charge in [0.25, 0.3) is 5.91 Å². The molecule has 0 saturated carbocycles. The van der Waals surface area contributed by atoms with Crippen LogP contribution in [-0.4, -0.2) is 17.4 Å². The Balaban J connectivity index is 1.63. The van der Waals surface area contributed by atoms with Gasteiger partial charge in [0.2, 0.25) is 0 Å². The average molecular weight is 534 g/mol. The number of carbonyl (C=O) groups is 2. The Bertz CT molecular complexity index is 1310. The molecule has 1 unspecified atom stereocenters. The molecule has 1 amide bonds. The second-order valence-corrected chi connectivity index (χ2v) is 9.41. The fraction of sp³-hybridized carbons (Fsp3) is 0.115. The molecule has 170 valence electrons. The maximum Gasteiger partial charge on any atom is 0.254 e. The number of dihydropyridines is 1. The Morgan fingerprint density at radius 1 is 1.12 bits per heavy atom. The van der Waals surface area contributed by atoms with Gasteiger partial charge in [0.1, 0.15) is 5.76 Å². The standard InChI is InChI=1S/C26H20BrN3O3S/c1-16-23(25(32)30-19-6-3-2-4-7-19)24(22-8-5-13-33-22)20(14-28)26(29-16)34-15-21(31)17-9-11-18(27)12-10-17/h2-13,24,29H,15H2,1H3,(H,30,32). The fourth-order valence-corrected chi connectivity index (χ4v) is 4.89. The van der Waals surface area contributed by atoms with E-state index in [2.05, 4.69) is 32.6 Å². The van der Waals surface area contributed by atoms with Gasteiger partial charge in [-0.3, -0.25) is 9.59 Å². The van der Waals surface area contributed by atoms with E-state index in [4.69, 9.17) is 4.42 Å². The summed E-state index contributed by atoms with van der Waals surface area (Å²) in [5, 5.41) is 16.7. The third-order valence-corrected chi connectivity index (χ3v) is 6.81. The molecular formula is C26H20BrN3O3S. The maximum absolute atomic E-state index is 13.3. The molecule has 0 radical (unpaired) electrons. The van der Waals surface area contributed by atoms with Crippen LogP contribution in [0, 0.1) is 11.3 Å². The third kappa shape index (κ3) is 5.16. The lowest BCUT2D eigenvalue weighted by Gasteiger charge is -2.28. The van der Waals surface area contributed by atoms with Crippen molar-refractivity contribution in [2.75, 3.05) is 11.1 Å². The summed E-state index contributed by atoms with van der Waals surface area (Å²) < 4.78 is 6.52. The number of halogens is 1. The van der Waals surface area contributed by atoms with Crippen LogP contribution in [0.1, 0.15) is 29.0 Å². The van der Waals surface area contributed by atoms with Crippen LogP contribution < -0.4 is 10.6 Å². The summed E-state index contributed by atoms with van der Waals surface area (Å²) in [7, 11) is 0. The van der Waals surface area contributed by atoms with Crippen LogP contribution in [0.15, 0.2) is 104 Å². The first-order valence-electron chi connectivity index (χ1n) is 10.4. The number of hydrogen-bond donors (Lipinski definition) is 2. The Morgan fingerprint density at radius 3 is 2.50 bits per heavy atom. The van der Waals surface area contributed by atoms with Gasteiger partial charge in [-0.05, 0) is 43.3 Å². The van der Waals surface area contributed by atoms with Crippen LogP contribution in [0.5, 0.6) is 0 Å². The number of rotatable bonds is 7. The molecule has 2 aromatic carbocycles. The Labute approximate surface area is 209 Å². The predicted molar refractivity (Wildman–Crippen MR) is 136 cm³/mol. The van der Waals surface area contributed by atoms with Crippen molar-refractivity contribution < 1.29 is 14.0 Å². The number of anilines is 1. The lowest BCUT2D eigenvalue weighted by Crippen LogP contribution is -2.30. The molecule has 0 saturated heterocycles. The molecular weight excluding hydrogens is 514 g/mol. The summed E-state index contributed by atoms with van der Waals surface area (Å²) >= 11 is 4.60. The molecule has 2 heterocycles. The second-order valence-electron chi connectivity index (χ2n) is 7.51. The molecule has 3 aromatic rings. The highest BCUT2D eigenvalue weighted by Gasteiger charge is 2.36. The highest BCUT2D eigenvalue weighted by Crippen LogP contribution is 2.41. The number of nitriles is 1. The van der Waals surface area contributed by atoms with Gasteiger partial charge in [0, 0.05) is 21.4 Å². The minimum Gasteiger partial charge on any atom is -0.468 e. The number of allylic oxidation sites excluding steroid dienone is 2. The highest BCUT2D eigenvalue weighted by molar-refractivity contribution is 9.10. The van der Waals surface area contributed by atoms with Crippen molar-refractivity contribution in [2.45, 2.75) is 12.8 Å². The summed E-state index contributed by atoms with van der Waals surface area (Å²) in [5.74, 6) is -0.477. The van der Waals surface area contributed by atoms with Crippen molar-refractivity contribution in [2.24, 2.45) is 0 Å². The topological polar surface area (TPSA) is 95.1 Å². The minimum atomic E-state index is -0.699. The van der Waals surface area contributed by atoms with E-state index in [1.165, 1.54) is 18.0 Å². The van der Waals surface area contributed by atoms with E-state index in [1.807, 2.05) is 30.3 Å². The molecule has 1 aliphatic rings. The second kappa shape index (κ2) is 10.6. The molecule has 4 rings (SSSR count). The monoisotopic (exact) mass is 533 g/mol. The van der Waals surface area contributed by atoms with E-state index < -0.39 is 5.92 Å². The molecule has 34 heavy (non-hydrogen) atoms. The average Bonchev–Trinajstić information content (AvgIpc) is 3.37. The van der Waals surface area contributed by atoms with Crippen LogP contribution in [0.4, 0.5) is 5.69 Å². The molecule has 1 aromatic heterocycles. The molecule has 2 N–H and O–H groups in total. The van der Waals surface area contributed by atoms with Crippen molar-refractivity contribution in [3.63, 3.8) is 0 Å². The Kier molecular flexibility index (Phi) is 7.36. The van der Waals surface area contributed by atoms with E-state index in [9.17, 15) is 14.9 Å². The number of thioether (sulfide) groups is 1. The van der Waals surface area contributed by atoms with E-state index in [-0.39, 0.29) is 17.4 Å². The zero-order valence-electron chi connectivity index (χ0n) is 18.2. The number of benzene rings is 2. The summed E-state index contributed by atoms with van der Waals surface area (Å²) in [6, 6.07) is 21.9. The molecule has 8 heteroatoms. The van der Waals surface area contributed by atoms with Crippen LogP contribution in [0.25, 0.3) is 0 Å². The van der Waals surface area contributed by atoms with Crippen molar-refractivity contribution in [3.8, 4) is 6.07 Å². The summed E-state index contributed by atoms with van der Waals surface area (Å²) in [6.07, 6.45) is 1.51. The number of hydrogen-bond acceptors (Lipinski definition) is 6. The zero-order chi connectivity index (χ0) is 24.1. The van der Waals surface area contributed by atoms with Gasteiger partial charge in [0.15, 0.2) is 5.78 Å². The maximum atomic E-state index is 13.3. The molecule has 0 aliphatic carbocycles. The lowest BCUT2D eigenvalue weighted by molar-refractivity contribution is -0.113. The molecule has 1 aliphatic heterocycles. The highest BCUT2D eigenvalue weighted by atomic mass is 79.9. The first kappa shape index (κ1) is 23.6. The lowest BCUT2D eigenvalue weighted by atomic mass is 9.85. The van der Waals surface area contributed by atoms with Gasteiger partial charge in [0.05, 0.1) is 40.2 Å². The summed E-state index contributed by atoms with van der Waals surface area (Å²) in [6.45, 7) is 1.78. The fourth-order valence-electron chi connectivity index (χ4n) is 3.64. The van der Waals surface area contributed by atoms with E-state index >= 15 is 0 Å². The van der Waals surface area contributed by atoms with Crippen LogP contribution >= 0.6 is 27.7 Å². The molecule has 0 spiro atoms. The Morgan fingerprint density at radius 2 is 1.85 bits per heavy atom. The number of ketones is 1. The van der Waals surface area contributed by atoms with Gasteiger partial charge in [-0.25, -0.2) is 0 Å². The van der Waals surface area contributed by atoms with E-state index in [0.717, 1.165) is 4.47 Å². The molecule has 6 nitrogen and oxygen atoms in total. The van der Waals surface area contributed by atoms with Crippen LogP contribution in [0.2, 0.25) is 0 Å². The third-order valence-electron chi connectivity index (χ3n) is 5.27. The molecule has 0 fully saturated rings. The van der Waals surface area contributed by atoms with Crippen molar-refractivity contribution in [1.29, 1.82) is 5.26 Å². The van der Waals surface area contributed by atoms with Crippen molar-refractivity contribution >= 4 is 45.1 Å². The van der Waals surface area contributed by atoms with Crippen LogP contribution in [-0.2, 0) is 4.79 Å². The van der Waals surface area contributed by atoms with Crippen molar-refractivity contribution in [1.82, 2.24) is 5.32 Å². The van der Waals surface area contributed by atoms with E-state index in [1.54, 1.807) is 43.3 Å². The number of furan rings is 1. The summed E-state index contributed by atoms with van der Waals surface area (Å²) in [5.41, 5.74) is 2.54. The van der Waals surface area contributed by atoms with Gasteiger partial charge in [-0.2, -0.15) is 5.26 Å². The number of Topliss-reactive ketones (excluding diaryl/α,β-unsaturated/α-hetero) is 1. The van der Waals surface area contributed by atoms with Crippen molar-refractivity contribution in [3.05, 3.63) is 111 Å². The summed E-state index contributed by atoms with van der Waals surface area (Å²) in [4.78, 5) is 26.0. The number of nitrogens with one attached hydrogen (secondary N) is 2. The number of amides is 1. The number of nitrogens with zero attached hydrogens (tertiary/aromatic N) is 1. The minimum absolute atomic E-state index is 0.0621. The number of carbonyl (C=O) groups excluding carboxylic acids is 2. The van der Waals surface area contributed by atoms with Crippen LogP contribution in [0.3, 0.4) is 0 Å². The number of para-hydroxylation sites is 1. The van der Waals surface area contributed by atoms with Gasteiger partial charge in [-0.15, -0.1) is 0 Å². The first-order chi connectivity index (χ1) is 16.5. The SMILES string of the molecule is CC1=C(C(=O)Nc2ccccc2)C(c2ccco2)C(C#N)=C(SCC(=O)c2ccc(Br)cc2)N1. The molecule has 0 bridgehead atoms. The smallest absolute Gasteiger partial charge is 0.254 e. The Hall–Kier alpha value is -3.54.